The van der Waals surface area contributed by atoms with E-state index in [1.807, 2.05) is 0 Å². The quantitative estimate of drug-likeness (QED) is 0.567. The summed E-state index contributed by atoms with van der Waals surface area (Å²) in [5, 5.41) is 0. The van der Waals surface area contributed by atoms with Crippen molar-refractivity contribution in [3.05, 3.63) is 12.7 Å². The summed E-state index contributed by atoms with van der Waals surface area (Å²) in [5.41, 5.74) is 0. The molecule has 0 radical (unpaired) electrons. The third kappa shape index (κ3) is 2.66. The topological polar surface area (TPSA) is 61.8 Å². The van der Waals surface area contributed by atoms with Crippen LogP contribution in [0.25, 0.3) is 0 Å². The predicted molar refractivity (Wildman–Crippen MR) is 62.8 cm³/mol. The van der Waals surface area contributed by atoms with Gasteiger partial charge in [0.2, 0.25) is 0 Å². The van der Waals surface area contributed by atoms with E-state index in [2.05, 4.69) is 6.58 Å². The Morgan fingerprint density at radius 3 is 2.44 bits per heavy atom. The smallest absolute Gasteiger partial charge is 0.459 e. The molecular weight excluding hydrogens is 236 g/mol. The fourth-order valence-corrected chi connectivity index (χ4v) is 2.97. The lowest BCUT2D eigenvalue weighted by Crippen LogP contribution is -2.35. The molecule has 0 aromatic carbocycles. The van der Waals surface area contributed by atoms with Gasteiger partial charge in [-0.15, -0.1) is 0 Å². The molecule has 0 spiro atoms. The molecule has 18 heavy (non-hydrogen) atoms. The van der Waals surface area contributed by atoms with Gasteiger partial charge >= 0.3 is 12.1 Å². The number of hydrogen-bond acceptors (Lipinski definition) is 5. The van der Waals surface area contributed by atoms with Crippen LogP contribution in [0.1, 0.15) is 26.2 Å². The highest BCUT2D eigenvalue weighted by Crippen LogP contribution is 2.47. The lowest BCUT2D eigenvalue weighted by molar-refractivity contribution is -0.148. The largest absolute Gasteiger partial charge is 0.508 e. The first kappa shape index (κ1) is 12.9. The normalized spacial score (nSPS) is 32.9. The van der Waals surface area contributed by atoms with Gasteiger partial charge in [0.15, 0.2) is 0 Å². The molecule has 2 unspecified atom stereocenters. The van der Waals surface area contributed by atoms with Crippen LogP contribution in [0.3, 0.4) is 0 Å². The Morgan fingerprint density at radius 2 is 1.89 bits per heavy atom. The van der Waals surface area contributed by atoms with E-state index in [1.54, 1.807) is 6.92 Å². The van der Waals surface area contributed by atoms with Crippen LogP contribution in [0, 0.1) is 11.8 Å². The molecule has 5 heteroatoms. The molecule has 2 aliphatic carbocycles. The van der Waals surface area contributed by atoms with E-state index >= 15 is 0 Å². The summed E-state index contributed by atoms with van der Waals surface area (Å²) < 4.78 is 15.3. The van der Waals surface area contributed by atoms with Crippen LogP contribution in [-0.2, 0) is 19.0 Å². The Morgan fingerprint density at radius 1 is 1.22 bits per heavy atom. The molecule has 2 saturated carbocycles. The Balaban J connectivity index is 1.89. The summed E-state index contributed by atoms with van der Waals surface area (Å²) in [6.07, 6.45) is 2.81. The zero-order chi connectivity index (χ0) is 13.1. The van der Waals surface area contributed by atoms with Gasteiger partial charge in [-0.1, -0.05) is 6.58 Å². The van der Waals surface area contributed by atoms with Crippen LogP contribution in [0.5, 0.6) is 0 Å². The minimum Gasteiger partial charge on any atom is -0.459 e. The molecule has 2 rings (SSSR count). The summed E-state index contributed by atoms with van der Waals surface area (Å²) >= 11 is 0. The van der Waals surface area contributed by atoms with Crippen LogP contribution in [0.4, 0.5) is 4.79 Å². The highest BCUT2D eigenvalue weighted by atomic mass is 16.7. The van der Waals surface area contributed by atoms with Crippen LogP contribution in [0.2, 0.25) is 0 Å². The number of carbonyl (C=O) groups excluding carboxylic acids is 2. The summed E-state index contributed by atoms with van der Waals surface area (Å²) in [6, 6.07) is 0. The van der Waals surface area contributed by atoms with Crippen molar-refractivity contribution in [2.45, 2.75) is 38.4 Å². The minimum atomic E-state index is -0.635. The van der Waals surface area contributed by atoms with Crippen molar-refractivity contribution in [1.82, 2.24) is 0 Å². The van der Waals surface area contributed by atoms with E-state index in [0.717, 1.165) is 25.3 Å². The first-order valence-electron chi connectivity index (χ1n) is 6.30. The van der Waals surface area contributed by atoms with Gasteiger partial charge in [-0.2, -0.15) is 0 Å². The third-order valence-electron chi connectivity index (χ3n) is 3.64. The molecule has 0 N–H and O–H groups in total. The molecule has 0 aliphatic heterocycles. The van der Waals surface area contributed by atoms with Gasteiger partial charge in [-0.05, 0) is 32.1 Å². The molecule has 0 amide bonds. The molecule has 2 aliphatic rings. The standard InChI is InChI=1S/C13H18O5/c1-3-12(14)17-10-6-8-5-9(10)11(7-8)18-13(15)16-4-2/h3,8-11H,1,4-7H2,2H3/t8-,9+,10?,11?/m0/s1. The van der Waals surface area contributed by atoms with Gasteiger partial charge < -0.3 is 14.2 Å². The molecule has 100 valence electrons. The summed E-state index contributed by atoms with van der Waals surface area (Å²) in [5.74, 6) is 0.155. The van der Waals surface area contributed by atoms with Crippen molar-refractivity contribution in [3.63, 3.8) is 0 Å². The highest BCUT2D eigenvalue weighted by Gasteiger charge is 2.50. The SMILES string of the molecule is C=CC(=O)OC1C[C@H]2CC(OC(=O)OCC)[C@@H]1C2. The lowest BCUT2D eigenvalue weighted by atomic mass is 9.95. The van der Waals surface area contributed by atoms with Crippen LogP contribution < -0.4 is 0 Å². The molecule has 2 fully saturated rings. The maximum absolute atomic E-state index is 11.3. The average molecular weight is 254 g/mol. The molecule has 5 nitrogen and oxygen atoms in total. The van der Waals surface area contributed by atoms with Crippen LogP contribution in [-0.4, -0.2) is 30.9 Å². The van der Waals surface area contributed by atoms with E-state index in [0.29, 0.717) is 12.5 Å². The van der Waals surface area contributed by atoms with Crippen molar-refractivity contribution >= 4 is 12.1 Å². The fourth-order valence-electron chi connectivity index (χ4n) is 2.97. The highest BCUT2D eigenvalue weighted by molar-refractivity contribution is 5.81. The predicted octanol–water partition coefficient (Wildman–Crippen LogP) is 2.06. The van der Waals surface area contributed by atoms with Crippen molar-refractivity contribution in [1.29, 1.82) is 0 Å². The molecular formula is C13H18O5. The molecule has 0 aromatic rings. The van der Waals surface area contributed by atoms with Gasteiger partial charge in [-0.25, -0.2) is 9.59 Å². The zero-order valence-corrected chi connectivity index (χ0v) is 10.5. The Labute approximate surface area is 106 Å². The number of rotatable bonds is 4. The van der Waals surface area contributed by atoms with E-state index < -0.39 is 12.1 Å². The van der Waals surface area contributed by atoms with Gasteiger partial charge in [-0.3, -0.25) is 0 Å². The lowest BCUT2D eigenvalue weighted by Gasteiger charge is -2.28. The maximum atomic E-state index is 11.3. The average Bonchev–Trinajstić information content (AvgIpc) is 2.88. The first-order valence-corrected chi connectivity index (χ1v) is 6.30. The van der Waals surface area contributed by atoms with Crippen molar-refractivity contribution in [2.75, 3.05) is 6.61 Å². The maximum Gasteiger partial charge on any atom is 0.508 e. The monoisotopic (exact) mass is 254 g/mol. The van der Waals surface area contributed by atoms with Crippen molar-refractivity contribution in [3.8, 4) is 0 Å². The summed E-state index contributed by atoms with van der Waals surface area (Å²) in [7, 11) is 0. The zero-order valence-electron chi connectivity index (χ0n) is 10.5. The molecule has 4 atom stereocenters. The van der Waals surface area contributed by atoms with E-state index in [-0.39, 0.29) is 18.1 Å². The first-order chi connectivity index (χ1) is 8.63. The van der Waals surface area contributed by atoms with E-state index in [4.69, 9.17) is 14.2 Å². The van der Waals surface area contributed by atoms with E-state index in [9.17, 15) is 9.59 Å². The van der Waals surface area contributed by atoms with Crippen molar-refractivity contribution < 1.29 is 23.8 Å². The van der Waals surface area contributed by atoms with E-state index in [1.165, 1.54) is 0 Å². The second-order valence-electron chi connectivity index (χ2n) is 4.76. The second kappa shape index (κ2) is 5.42. The fraction of sp³-hybridized carbons (Fsp3) is 0.692. The number of fused-ring (bicyclic) bond motifs is 2. The van der Waals surface area contributed by atoms with Gasteiger partial charge in [0.05, 0.1) is 6.61 Å². The van der Waals surface area contributed by atoms with Crippen LogP contribution in [0.15, 0.2) is 12.7 Å². The molecule has 0 saturated heterocycles. The second-order valence-corrected chi connectivity index (χ2v) is 4.76. The molecule has 2 bridgehead atoms. The molecule has 0 aromatic heterocycles. The number of carbonyl (C=O) groups is 2. The Hall–Kier alpha value is -1.52. The van der Waals surface area contributed by atoms with Crippen LogP contribution >= 0.6 is 0 Å². The third-order valence-corrected chi connectivity index (χ3v) is 3.64. The molecule has 0 heterocycles. The minimum absolute atomic E-state index is 0.100. The number of hydrogen-bond donors (Lipinski definition) is 0. The van der Waals surface area contributed by atoms with Gasteiger partial charge in [0.1, 0.15) is 12.2 Å². The van der Waals surface area contributed by atoms with Gasteiger partial charge in [0.25, 0.3) is 0 Å². The Kier molecular flexibility index (Phi) is 3.89. The van der Waals surface area contributed by atoms with Crippen molar-refractivity contribution in [2.24, 2.45) is 11.8 Å². The Bertz CT molecular complexity index is 351. The number of esters is 1. The van der Waals surface area contributed by atoms with Gasteiger partial charge in [0, 0.05) is 12.0 Å². The summed E-state index contributed by atoms with van der Waals surface area (Å²) in [4.78, 5) is 22.5. The summed E-state index contributed by atoms with van der Waals surface area (Å²) in [6.45, 7) is 5.41. The number of ether oxygens (including phenoxy) is 3.